The van der Waals surface area contributed by atoms with E-state index >= 15 is 0 Å². The van der Waals surface area contributed by atoms with Crippen molar-refractivity contribution in [3.63, 3.8) is 0 Å². The molecule has 0 saturated heterocycles. The highest BCUT2D eigenvalue weighted by atomic mass is 32.1. The summed E-state index contributed by atoms with van der Waals surface area (Å²) in [6.07, 6.45) is 2.33. The minimum absolute atomic E-state index is 0.456. The summed E-state index contributed by atoms with van der Waals surface area (Å²) >= 11 is 1.74. The summed E-state index contributed by atoms with van der Waals surface area (Å²) in [5.41, 5.74) is 6.99. The molecule has 0 spiro atoms. The lowest BCUT2D eigenvalue weighted by Gasteiger charge is -2.22. The summed E-state index contributed by atoms with van der Waals surface area (Å²) in [7, 11) is 3.22. The predicted molar refractivity (Wildman–Crippen MR) is 101 cm³/mol. The Morgan fingerprint density at radius 3 is 2.60 bits per heavy atom. The van der Waals surface area contributed by atoms with Gasteiger partial charge < -0.3 is 20.1 Å². The smallest absolute Gasteiger partial charge is 0.228 e. The van der Waals surface area contributed by atoms with Gasteiger partial charge in [-0.2, -0.15) is 4.98 Å². The van der Waals surface area contributed by atoms with Gasteiger partial charge in [-0.15, -0.1) is 11.3 Å². The summed E-state index contributed by atoms with van der Waals surface area (Å²) in [6.45, 7) is 0.806. The van der Waals surface area contributed by atoms with E-state index in [-0.39, 0.29) is 0 Å². The third-order valence-electron chi connectivity index (χ3n) is 4.37. The summed E-state index contributed by atoms with van der Waals surface area (Å²) in [5, 5.41) is 2.86. The maximum Gasteiger partial charge on any atom is 0.228 e. The number of thiophene rings is 1. The van der Waals surface area contributed by atoms with Gasteiger partial charge in [0.1, 0.15) is 5.82 Å². The van der Waals surface area contributed by atoms with Crippen molar-refractivity contribution < 1.29 is 9.47 Å². The van der Waals surface area contributed by atoms with Gasteiger partial charge >= 0.3 is 0 Å². The standard InChI is InChI=1S/C18H20N4O2S/c1-23-15-8-13-14(9-16(15)24-2)20-18(21-17(13)19)22(11-5-6-11)10-12-4-3-7-25-12/h3-4,7-9,11H,5-6,10H2,1-2H3,(H2,19,20,21). The minimum atomic E-state index is 0.456. The van der Waals surface area contributed by atoms with Crippen LogP contribution in [0.25, 0.3) is 10.9 Å². The molecule has 2 aromatic heterocycles. The number of anilines is 2. The topological polar surface area (TPSA) is 73.5 Å². The maximum absolute atomic E-state index is 6.23. The van der Waals surface area contributed by atoms with Crippen LogP contribution in [-0.4, -0.2) is 30.2 Å². The normalized spacial score (nSPS) is 13.8. The molecular formula is C18H20N4O2S. The average Bonchev–Trinajstić information content (AvgIpc) is 3.34. The zero-order valence-electron chi connectivity index (χ0n) is 14.2. The van der Waals surface area contributed by atoms with E-state index < -0.39 is 0 Å². The molecule has 0 bridgehead atoms. The fourth-order valence-corrected chi connectivity index (χ4v) is 3.62. The molecule has 2 heterocycles. The zero-order valence-corrected chi connectivity index (χ0v) is 15.0. The molecule has 6 nitrogen and oxygen atoms in total. The van der Waals surface area contributed by atoms with Crippen LogP contribution < -0.4 is 20.1 Å². The zero-order chi connectivity index (χ0) is 17.4. The maximum atomic E-state index is 6.23. The van der Waals surface area contributed by atoms with Crippen LogP contribution in [0.2, 0.25) is 0 Å². The van der Waals surface area contributed by atoms with E-state index in [2.05, 4.69) is 27.4 Å². The molecule has 1 aliphatic carbocycles. The molecule has 1 aliphatic rings. The first kappa shape index (κ1) is 16.0. The molecular weight excluding hydrogens is 336 g/mol. The molecule has 3 aromatic rings. The van der Waals surface area contributed by atoms with Crippen LogP contribution in [0.15, 0.2) is 29.6 Å². The van der Waals surface area contributed by atoms with Crippen LogP contribution in [0.4, 0.5) is 11.8 Å². The number of aromatic nitrogens is 2. The van der Waals surface area contributed by atoms with E-state index in [0.717, 1.165) is 17.4 Å². The first-order valence-corrected chi connectivity index (χ1v) is 9.06. The van der Waals surface area contributed by atoms with Crippen molar-refractivity contribution >= 4 is 34.0 Å². The molecule has 1 aromatic carbocycles. The predicted octanol–water partition coefficient (Wildman–Crippen LogP) is 3.46. The highest BCUT2D eigenvalue weighted by Gasteiger charge is 2.31. The monoisotopic (exact) mass is 356 g/mol. The number of hydrogen-bond acceptors (Lipinski definition) is 7. The molecule has 7 heteroatoms. The molecule has 25 heavy (non-hydrogen) atoms. The second-order valence-corrected chi connectivity index (χ2v) is 7.10. The average molecular weight is 356 g/mol. The molecule has 0 aliphatic heterocycles. The van der Waals surface area contributed by atoms with Gasteiger partial charge in [0.15, 0.2) is 11.5 Å². The summed E-state index contributed by atoms with van der Waals surface area (Å²) < 4.78 is 10.7. The van der Waals surface area contributed by atoms with E-state index in [4.69, 9.17) is 20.2 Å². The van der Waals surface area contributed by atoms with Crippen LogP contribution in [0.1, 0.15) is 17.7 Å². The van der Waals surface area contributed by atoms with Gasteiger partial charge in [0.25, 0.3) is 0 Å². The van der Waals surface area contributed by atoms with E-state index in [0.29, 0.717) is 29.3 Å². The van der Waals surface area contributed by atoms with E-state index in [1.54, 1.807) is 25.6 Å². The highest BCUT2D eigenvalue weighted by molar-refractivity contribution is 7.09. The molecule has 4 rings (SSSR count). The summed E-state index contributed by atoms with van der Waals surface area (Å²) in [6, 6.07) is 8.37. The number of nitrogens with zero attached hydrogens (tertiary/aromatic N) is 3. The number of nitrogen functional groups attached to an aromatic ring is 1. The fraction of sp³-hybridized carbons (Fsp3) is 0.333. The Kier molecular flexibility index (Phi) is 4.09. The van der Waals surface area contributed by atoms with Gasteiger partial charge in [0, 0.05) is 22.4 Å². The summed E-state index contributed by atoms with van der Waals surface area (Å²) in [4.78, 5) is 12.9. The molecule has 2 N–H and O–H groups in total. The highest BCUT2D eigenvalue weighted by Crippen LogP contribution is 2.36. The largest absolute Gasteiger partial charge is 0.493 e. The molecule has 1 fully saturated rings. The lowest BCUT2D eigenvalue weighted by molar-refractivity contribution is 0.356. The van der Waals surface area contributed by atoms with E-state index in [1.807, 2.05) is 12.1 Å². The molecule has 0 unspecified atom stereocenters. The Hall–Kier alpha value is -2.54. The number of ether oxygens (including phenoxy) is 2. The second kappa shape index (κ2) is 6.40. The molecule has 0 atom stereocenters. The number of nitrogens with two attached hydrogens (primary N) is 1. The Balaban J connectivity index is 1.78. The van der Waals surface area contributed by atoms with Gasteiger partial charge in [0.05, 0.1) is 26.3 Å². The summed E-state index contributed by atoms with van der Waals surface area (Å²) in [5.74, 6) is 2.39. The van der Waals surface area contributed by atoms with Crippen LogP contribution >= 0.6 is 11.3 Å². The van der Waals surface area contributed by atoms with Crippen molar-refractivity contribution in [2.45, 2.75) is 25.4 Å². The van der Waals surface area contributed by atoms with Crippen LogP contribution in [-0.2, 0) is 6.54 Å². The molecule has 0 amide bonds. The second-order valence-electron chi connectivity index (χ2n) is 6.07. The Morgan fingerprint density at radius 1 is 1.20 bits per heavy atom. The number of rotatable bonds is 6. The Morgan fingerprint density at radius 2 is 1.96 bits per heavy atom. The van der Waals surface area contributed by atoms with Crippen molar-refractivity contribution in [2.75, 3.05) is 24.9 Å². The van der Waals surface area contributed by atoms with Crippen molar-refractivity contribution in [2.24, 2.45) is 0 Å². The minimum Gasteiger partial charge on any atom is -0.493 e. The lowest BCUT2D eigenvalue weighted by Crippen LogP contribution is -2.27. The van der Waals surface area contributed by atoms with E-state index in [1.165, 1.54) is 17.7 Å². The first-order valence-electron chi connectivity index (χ1n) is 8.18. The molecule has 0 radical (unpaired) electrons. The molecule has 130 valence electrons. The van der Waals surface area contributed by atoms with Crippen LogP contribution in [0.5, 0.6) is 11.5 Å². The Bertz CT molecular complexity index is 894. The van der Waals surface area contributed by atoms with Gasteiger partial charge in [-0.3, -0.25) is 0 Å². The van der Waals surface area contributed by atoms with Crippen LogP contribution in [0.3, 0.4) is 0 Å². The number of hydrogen-bond donors (Lipinski definition) is 1. The number of benzene rings is 1. The quantitative estimate of drug-likeness (QED) is 0.729. The fourth-order valence-electron chi connectivity index (χ4n) is 2.91. The van der Waals surface area contributed by atoms with E-state index in [9.17, 15) is 0 Å². The Labute approximate surface area is 150 Å². The third kappa shape index (κ3) is 3.07. The molecule has 1 saturated carbocycles. The van der Waals surface area contributed by atoms with Crippen molar-refractivity contribution in [3.05, 3.63) is 34.5 Å². The SMILES string of the molecule is COc1cc2nc(N(Cc3cccs3)C3CC3)nc(N)c2cc1OC. The van der Waals surface area contributed by atoms with Crippen LogP contribution in [0, 0.1) is 0 Å². The van der Waals surface area contributed by atoms with Crippen molar-refractivity contribution in [1.29, 1.82) is 0 Å². The van der Waals surface area contributed by atoms with Crippen molar-refractivity contribution in [3.8, 4) is 11.5 Å². The number of fused-ring (bicyclic) bond motifs is 1. The lowest BCUT2D eigenvalue weighted by atomic mass is 10.2. The third-order valence-corrected chi connectivity index (χ3v) is 5.23. The van der Waals surface area contributed by atoms with Crippen molar-refractivity contribution in [1.82, 2.24) is 9.97 Å². The van der Waals surface area contributed by atoms with Gasteiger partial charge in [-0.1, -0.05) is 6.07 Å². The van der Waals surface area contributed by atoms with Gasteiger partial charge in [0.2, 0.25) is 5.95 Å². The van der Waals surface area contributed by atoms with Gasteiger partial charge in [-0.05, 0) is 30.4 Å². The number of methoxy groups -OCH3 is 2. The van der Waals surface area contributed by atoms with Gasteiger partial charge in [-0.25, -0.2) is 4.98 Å². The first-order chi connectivity index (χ1) is 12.2.